The summed E-state index contributed by atoms with van der Waals surface area (Å²) in [5, 5.41) is 9.78. The number of carbonyl (C=O) groups is 1. The third-order valence-corrected chi connectivity index (χ3v) is 7.39. The van der Waals surface area contributed by atoms with Crippen molar-refractivity contribution in [1.29, 1.82) is 0 Å². The molecule has 0 radical (unpaired) electrons. The summed E-state index contributed by atoms with van der Waals surface area (Å²) >= 11 is 6.11. The minimum Gasteiger partial charge on any atom is -0.505 e. The molecule has 220 valence electrons. The van der Waals surface area contributed by atoms with Crippen LogP contribution < -0.4 is 4.90 Å². The number of benzene rings is 2. The molecular weight excluding hydrogens is 557 g/mol. The van der Waals surface area contributed by atoms with Gasteiger partial charge < -0.3 is 19.6 Å². The van der Waals surface area contributed by atoms with Crippen LogP contribution in [0.15, 0.2) is 60.9 Å². The average Bonchev–Trinajstić information content (AvgIpc) is 2.91. The molecule has 0 spiro atoms. The van der Waals surface area contributed by atoms with Crippen LogP contribution in [-0.4, -0.2) is 50.3 Å². The fourth-order valence-electron chi connectivity index (χ4n) is 5.42. The Morgan fingerprint density at radius 2 is 1.76 bits per heavy atom. The van der Waals surface area contributed by atoms with Gasteiger partial charge in [0.25, 0.3) is 0 Å². The van der Waals surface area contributed by atoms with Crippen LogP contribution >= 0.6 is 11.6 Å². The van der Waals surface area contributed by atoms with E-state index in [9.17, 15) is 23.1 Å². The van der Waals surface area contributed by atoms with Gasteiger partial charge in [0.05, 0.1) is 24.1 Å². The van der Waals surface area contributed by atoms with E-state index in [1.165, 1.54) is 18.5 Å². The van der Waals surface area contributed by atoms with Gasteiger partial charge in [0.15, 0.2) is 5.75 Å². The zero-order valence-corrected chi connectivity index (χ0v) is 23.9. The van der Waals surface area contributed by atoms with Crippen molar-refractivity contribution < 1.29 is 27.8 Å². The third kappa shape index (κ3) is 7.81. The van der Waals surface area contributed by atoms with Crippen molar-refractivity contribution in [3.05, 3.63) is 82.6 Å². The minimum atomic E-state index is -4.56. The van der Waals surface area contributed by atoms with E-state index in [4.69, 9.17) is 16.3 Å². The van der Waals surface area contributed by atoms with Gasteiger partial charge in [0.1, 0.15) is 0 Å². The number of piperidine rings is 1. The molecule has 7 nitrogen and oxygen atoms in total. The molecule has 11 heteroatoms. The maximum Gasteiger partial charge on any atom is 0.416 e. The van der Waals surface area contributed by atoms with Gasteiger partial charge in [-0.3, -0.25) is 0 Å². The first-order chi connectivity index (χ1) is 19.4. The number of hydrogen-bond donors (Lipinski definition) is 1. The summed E-state index contributed by atoms with van der Waals surface area (Å²) in [6, 6.07) is 12.6. The standard InChI is InChI=1S/C30H34ClF3N4O3/c1-4-24-14-25(15-26(12-20-8-6-5-7-9-20)38(24)29(40)41-19(2)3)37(28-35-16-27(39)17-36-28)18-21-10-22(30(32,33)34)13-23(31)11-21/h5-11,13,16-17,19,24-26,39H,4,12,14-15,18H2,1-3H3/t24-,25+,26+/m1/s1. The van der Waals surface area contributed by atoms with E-state index in [-0.39, 0.29) is 53.6 Å². The first-order valence-electron chi connectivity index (χ1n) is 13.6. The Hall–Kier alpha value is -3.53. The molecule has 0 saturated carbocycles. The van der Waals surface area contributed by atoms with Gasteiger partial charge in [-0.05, 0) is 68.9 Å². The molecule has 1 amide bonds. The molecule has 4 rings (SSSR count). The molecule has 3 aromatic rings. The van der Waals surface area contributed by atoms with E-state index in [1.54, 1.807) is 0 Å². The summed E-state index contributed by atoms with van der Waals surface area (Å²) in [4.78, 5) is 25.6. The second-order valence-electron chi connectivity index (χ2n) is 10.6. The molecule has 1 aliphatic rings. The van der Waals surface area contributed by atoms with Gasteiger partial charge >= 0.3 is 12.3 Å². The summed E-state index contributed by atoms with van der Waals surface area (Å²) in [7, 11) is 0. The summed E-state index contributed by atoms with van der Waals surface area (Å²) < 4.78 is 46.4. The largest absolute Gasteiger partial charge is 0.505 e. The van der Waals surface area contributed by atoms with E-state index >= 15 is 0 Å². The van der Waals surface area contributed by atoms with Crippen LogP contribution in [0.3, 0.4) is 0 Å². The number of alkyl halides is 3. The lowest BCUT2D eigenvalue weighted by atomic mass is 9.86. The number of anilines is 1. The molecule has 2 heterocycles. The Labute approximate surface area is 242 Å². The summed E-state index contributed by atoms with van der Waals surface area (Å²) in [6.45, 7) is 5.66. The molecule has 1 saturated heterocycles. The van der Waals surface area contributed by atoms with Crippen molar-refractivity contribution in [2.24, 2.45) is 0 Å². The monoisotopic (exact) mass is 590 g/mol. The number of amides is 1. The molecule has 1 aromatic heterocycles. The number of likely N-dealkylation sites (tertiary alicyclic amines) is 1. The molecule has 1 N–H and O–H groups in total. The highest BCUT2D eigenvalue weighted by Crippen LogP contribution is 2.36. The van der Waals surface area contributed by atoms with E-state index < -0.39 is 11.7 Å². The molecule has 0 aliphatic carbocycles. The highest BCUT2D eigenvalue weighted by Gasteiger charge is 2.41. The minimum absolute atomic E-state index is 0.0268. The number of aromatic hydroxyl groups is 1. The number of aromatic nitrogens is 2. The number of halogens is 4. The van der Waals surface area contributed by atoms with Crippen molar-refractivity contribution in [2.75, 3.05) is 4.90 Å². The second kappa shape index (κ2) is 13.0. The maximum absolute atomic E-state index is 13.6. The Kier molecular flexibility index (Phi) is 9.63. The molecule has 41 heavy (non-hydrogen) atoms. The Morgan fingerprint density at radius 1 is 1.10 bits per heavy atom. The van der Waals surface area contributed by atoms with Crippen molar-refractivity contribution in [2.45, 2.75) is 83.4 Å². The first kappa shape index (κ1) is 30.4. The number of nitrogens with zero attached hydrogens (tertiary/aromatic N) is 4. The summed E-state index contributed by atoms with van der Waals surface area (Å²) in [5.41, 5.74) is 0.550. The molecule has 1 fully saturated rings. The van der Waals surface area contributed by atoms with Gasteiger partial charge in [-0.2, -0.15) is 13.2 Å². The quantitative estimate of drug-likeness (QED) is 0.297. The molecule has 3 atom stereocenters. The summed E-state index contributed by atoms with van der Waals surface area (Å²) in [6.07, 6.45) is -0.497. The van der Waals surface area contributed by atoms with E-state index in [0.717, 1.165) is 17.7 Å². The lowest BCUT2D eigenvalue weighted by Gasteiger charge is -2.47. The van der Waals surface area contributed by atoms with Crippen LogP contribution in [0.25, 0.3) is 0 Å². The van der Waals surface area contributed by atoms with Crippen LogP contribution in [0.2, 0.25) is 5.02 Å². The van der Waals surface area contributed by atoms with Crippen molar-refractivity contribution in [3.8, 4) is 5.75 Å². The normalized spacial score (nSPS) is 19.3. The number of ether oxygens (including phenoxy) is 1. The number of hydrogen-bond acceptors (Lipinski definition) is 6. The van der Waals surface area contributed by atoms with Crippen LogP contribution in [0, 0.1) is 0 Å². The smallest absolute Gasteiger partial charge is 0.416 e. The fraction of sp³-hybridized carbons (Fsp3) is 0.433. The van der Waals surface area contributed by atoms with E-state index in [1.807, 2.05) is 60.9 Å². The van der Waals surface area contributed by atoms with Crippen molar-refractivity contribution in [1.82, 2.24) is 14.9 Å². The van der Waals surface area contributed by atoms with E-state index in [2.05, 4.69) is 9.97 Å². The van der Waals surface area contributed by atoms with Gasteiger partial charge in [-0.15, -0.1) is 0 Å². The summed E-state index contributed by atoms with van der Waals surface area (Å²) in [5.74, 6) is 0.128. The molecule has 0 bridgehead atoms. The molecule has 1 aliphatic heterocycles. The van der Waals surface area contributed by atoms with Crippen LogP contribution in [-0.2, 0) is 23.9 Å². The van der Waals surface area contributed by atoms with Crippen LogP contribution in [0.5, 0.6) is 5.75 Å². The average molecular weight is 591 g/mol. The fourth-order valence-corrected chi connectivity index (χ4v) is 5.68. The molecule has 2 aromatic carbocycles. The third-order valence-electron chi connectivity index (χ3n) is 7.17. The zero-order chi connectivity index (χ0) is 29.7. The van der Waals surface area contributed by atoms with Crippen molar-refractivity contribution >= 4 is 23.6 Å². The Morgan fingerprint density at radius 3 is 2.37 bits per heavy atom. The number of rotatable bonds is 8. The SMILES string of the molecule is CC[C@@H]1C[C@H](N(Cc2cc(Cl)cc(C(F)(F)F)c2)c2ncc(O)cn2)C[C@H](Cc2ccccc2)N1C(=O)OC(C)C. The van der Waals surface area contributed by atoms with Crippen LogP contribution in [0.1, 0.15) is 56.7 Å². The topological polar surface area (TPSA) is 78.8 Å². The molecule has 0 unspecified atom stereocenters. The predicted octanol–water partition coefficient (Wildman–Crippen LogP) is 7.26. The van der Waals surface area contributed by atoms with Crippen LogP contribution in [0.4, 0.5) is 23.9 Å². The predicted molar refractivity (Wildman–Crippen MR) is 151 cm³/mol. The Bertz CT molecular complexity index is 1310. The molecular formula is C30H34ClF3N4O3. The second-order valence-corrected chi connectivity index (χ2v) is 11.0. The van der Waals surface area contributed by atoms with Crippen molar-refractivity contribution in [3.63, 3.8) is 0 Å². The van der Waals surface area contributed by atoms with Gasteiger partial charge in [-0.1, -0.05) is 48.9 Å². The highest BCUT2D eigenvalue weighted by molar-refractivity contribution is 6.30. The van der Waals surface area contributed by atoms with E-state index in [0.29, 0.717) is 31.2 Å². The maximum atomic E-state index is 13.6. The lowest BCUT2D eigenvalue weighted by Crippen LogP contribution is -2.58. The number of carbonyl (C=O) groups excluding carboxylic acids is 1. The van der Waals surface area contributed by atoms with Gasteiger partial charge in [0, 0.05) is 29.7 Å². The zero-order valence-electron chi connectivity index (χ0n) is 23.2. The lowest BCUT2D eigenvalue weighted by molar-refractivity contribution is -0.137. The highest BCUT2D eigenvalue weighted by atomic mass is 35.5. The Balaban J connectivity index is 1.73. The van der Waals surface area contributed by atoms with Gasteiger partial charge in [-0.25, -0.2) is 14.8 Å². The first-order valence-corrected chi connectivity index (χ1v) is 14.0. The van der Waals surface area contributed by atoms with Gasteiger partial charge in [0.2, 0.25) is 5.95 Å².